The highest BCUT2D eigenvalue weighted by Gasteiger charge is 2.16. The molecule has 0 aliphatic heterocycles. The molecular formula is C17H15N5OS2. The second-order valence-corrected chi connectivity index (χ2v) is 7.32. The van der Waals surface area contributed by atoms with Gasteiger partial charge in [0.05, 0.1) is 5.75 Å². The van der Waals surface area contributed by atoms with Gasteiger partial charge in [0.1, 0.15) is 5.82 Å². The molecule has 126 valence electrons. The maximum atomic E-state index is 5.19. The van der Waals surface area contributed by atoms with Crippen molar-refractivity contribution in [1.29, 1.82) is 0 Å². The van der Waals surface area contributed by atoms with Gasteiger partial charge in [-0.25, -0.2) is 0 Å². The third-order valence-corrected chi connectivity index (χ3v) is 5.31. The van der Waals surface area contributed by atoms with E-state index < -0.39 is 0 Å². The molecular weight excluding hydrogens is 354 g/mol. The SMILES string of the molecule is Cc1noc(CSc2nnc(Cc3cccs3)n2-c2ccccc2)n1. The van der Waals surface area contributed by atoms with Crippen LogP contribution in [0.5, 0.6) is 0 Å². The molecule has 3 heterocycles. The highest BCUT2D eigenvalue weighted by atomic mass is 32.2. The predicted molar refractivity (Wildman–Crippen MR) is 97.1 cm³/mol. The van der Waals surface area contributed by atoms with Crippen LogP contribution in [-0.2, 0) is 12.2 Å². The van der Waals surface area contributed by atoms with Gasteiger partial charge in [-0.2, -0.15) is 4.98 Å². The van der Waals surface area contributed by atoms with Crippen molar-refractivity contribution in [2.75, 3.05) is 0 Å². The van der Waals surface area contributed by atoms with Crippen LogP contribution in [0.3, 0.4) is 0 Å². The zero-order chi connectivity index (χ0) is 17.1. The molecule has 0 aliphatic carbocycles. The number of hydrogen-bond donors (Lipinski definition) is 0. The number of hydrogen-bond acceptors (Lipinski definition) is 7. The Labute approximate surface area is 152 Å². The van der Waals surface area contributed by atoms with Gasteiger partial charge < -0.3 is 4.52 Å². The van der Waals surface area contributed by atoms with E-state index in [0.29, 0.717) is 17.5 Å². The number of thiophene rings is 1. The monoisotopic (exact) mass is 369 g/mol. The largest absolute Gasteiger partial charge is 0.338 e. The predicted octanol–water partition coefficient (Wildman–Crippen LogP) is 3.90. The van der Waals surface area contributed by atoms with Gasteiger partial charge in [-0.3, -0.25) is 4.57 Å². The van der Waals surface area contributed by atoms with Crippen LogP contribution in [0.1, 0.15) is 22.4 Å². The maximum Gasteiger partial charge on any atom is 0.237 e. The smallest absolute Gasteiger partial charge is 0.237 e. The topological polar surface area (TPSA) is 69.6 Å². The minimum absolute atomic E-state index is 0.560. The molecule has 8 heteroatoms. The summed E-state index contributed by atoms with van der Waals surface area (Å²) in [7, 11) is 0. The molecule has 1 aromatic carbocycles. The Bertz CT molecular complexity index is 947. The van der Waals surface area contributed by atoms with E-state index >= 15 is 0 Å². The van der Waals surface area contributed by atoms with E-state index in [1.807, 2.05) is 25.1 Å². The third kappa shape index (κ3) is 3.64. The molecule has 0 aliphatic rings. The number of rotatable bonds is 6. The van der Waals surface area contributed by atoms with Crippen molar-refractivity contribution in [2.24, 2.45) is 0 Å². The Morgan fingerprint density at radius 3 is 2.72 bits per heavy atom. The Kier molecular flexibility index (Phi) is 4.62. The third-order valence-electron chi connectivity index (χ3n) is 3.52. The quantitative estimate of drug-likeness (QED) is 0.480. The average molecular weight is 369 g/mol. The van der Waals surface area contributed by atoms with E-state index in [1.54, 1.807) is 11.3 Å². The van der Waals surface area contributed by atoms with E-state index in [0.717, 1.165) is 23.1 Å². The number of thioether (sulfide) groups is 1. The van der Waals surface area contributed by atoms with E-state index in [9.17, 15) is 0 Å². The summed E-state index contributed by atoms with van der Waals surface area (Å²) in [5, 5.41) is 15.5. The molecule has 3 aromatic heterocycles. The van der Waals surface area contributed by atoms with Crippen LogP contribution < -0.4 is 0 Å². The lowest BCUT2D eigenvalue weighted by Gasteiger charge is -2.09. The molecule has 0 saturated heterocycles. The normalized spacial score (nSPS) is 11.1. The van der Waals surface area contributed by atoms with E-state index in [1.165, 1.54) is 16.6 Å². The van der Waals surface area contributed by atoms with Crippen LogP contribution in [0.25, 0.3) is 5.69 Å². The molecule has 0 spiro atoms. The minimum atomic E-state index is 0.560. The second kappa shape index (κ2) is 7.20. The zero-order valence-corrected chi connectivity index (χ0v) is 15.1. The van der Waals surface area contributed by atoms with Crippen LogP contribution in [0.2, 0.25) is 0 Å². The zero-order valence-electron chi connectivity index (χ0n) is 13.5. The Morgan fingerprint density at radius 1 is 1.12 bits per heavy atom. The summed E-state index contributed by atoms with van der Waals surface area (Å²) in [5.74, 6) is 2.70. The van der Waals surface area contributed by atoms with Gasteiger partial charge in [-0.05, 0) is 30.5 Å². The number of aromatic nitrogens is 5. The molecule has 0 fully saturated rings. The van der Waals surface area contributed by atoms with Gasteiger partial charge in [0, 0.05) is 17.0 Å². The van der Waals surface area contributed by atoms with Gasteiger partial charge in [-0.15, -0.1) is 21.5 Å². The molecule has 0 atom stereocenters. The summed E-state index contributed by atoms with van der Waals surface area (Å²) in [6.45, 7) is 1.81. The Morgan fingerprint density at radius 2 is 2.00 bits per heavy atom. The van der Waals surface area contributed by atoms with Crippen molar-refractivity contribution in [1.82, 2.24) is 24.9 Å². The fourth-order valence-corrected chi connectivity index (χ4v) is 3.95. The fraction of sp³-hybridized carbons (Fsp3) is 0.176. The van der Waals surface area contributed by atoms with E-state index in [-0.39, 0.29) is 0 Å². The molecule has 0 unspecified atom stereocenters. The first kappa shape index (κ1) is 16.0. The lowest BCUT2D eigenvalue weighted by molar-refractivity contribution is 0.387. The second-order valence-electron chi connectivity index (χ2n) is 5.35. The number of aryl methyl sites for hydroxylation is 1. The molecule has 0 saturated carbocycles. The van der Waals surface area contributed by atoms with Gasteiger partial charge in [-0.1, -0.05) is 41.2 Å². The standard InChI is InChI=1S/C17H15N5OS2/c1-12-18-16(23-21-12)11-25-17-20-19-15(10-14-8-5-9-24-14)22(17)13-6-3-2-4-7-13/h2-9H,10-11H2,1H3. The lowest BCUT2D eigenvalue weighted by atomic mass is 10.3. The highest BCUT2D eigenvalue weighted by molar-refractivity contribution is 7.98. The molecule has 4 aromatic rings. The van der Waals surface area contributed by atoms with Crippen LogP contribution in [0.4, 0.5) is 0 Å². The van der Waals surface area contributed by atoms with Crippen LogP contribution in [0, 0.1) is 6.92 Å². The Balaban J connectivity index is 1.65. The van der Waals surface area contributed by atoms with Gasteiger partial charge in [0.25, 0.3) is 0 Å². The molecule has 0 amide bonds. The summed E-state index contributed by atoms with van der Waals surface area (Å²) in [6, 6.07) is 14.3. The van der Waals surface area contributed by atoms with Gasteiger partial charge in [0.2, 0.25) is 5.89 Å². The fourth-order valence-electron chi connectivity index (χ4n) is 2.44. The van der Waals surface area contributed by atoms with Crippen molar-refractivity contribution in [3.63, 3.8) is 0 Å². The van der Waals surface area contributed by atoms with Crippen molar-refractivity contribution in [3.8, 4) is 5.69 Å². The number of para-hydroxylation sites is 1. The first-order chi connectivity index (χ1) is 12.3. The van der Waals surface area contributed by atoms with Crippen LogP contribution in [-0.4, -0.2) is 24.9 Å². The average Bonchev–Trinajstić information content (AvgIpc) is 3.36. The highest BCUT2D eigenvalue weighted by Crippen LogP contribution is 2.26. The molecule has 6 nitrogen and oxygen atoms in total. The van der Waals surface area contributed by atoms with E-state index in [4.69, 9.17) is 4.52 Å². The first-order valence-corrected chi connectivity index (χ1v) is 9.60. The molecule has 0 bridgehead atoms. The molecule has 0 radical (unpaired) electrons. The van der Waals surface area contributed by atoms with Crippen molar-refractivity contribution in [3.05, 3.63) is 70.3 Å². The van der Waals surface area contributed by atoms with Crippen LogP contribution >= 0.6 is 23.1 Å². The van der Waals surface area contributed by atoms with Crippen molar-refractivity contribution < 1.29 is 4.52 Å². The van der Waals surface area contributed by atoms with Gasteiger partial charge >= 0.3 is 0 Å². The Hall–Kier alpha value is -2.45. The lowest BCUT2D eigenvalue weighted by Crippen LogP contribution is -2.03. The first-order valence-electron chi connectivity index (χ1n) is 7.73. The van der Waals surface area contributed by atoms with Crippen molar-refractivity contribution >= 4 is 23.1 Å². The number of benzene rings is 1. The van der Waals surface area contributed by atoms with Gasteiger partial charge in [0.15, 0.2) is 11.0 Å². The summed E-state index contributed by atoms with van der Waals surface area (Å²) >= 11 is 3.26. The van der Waals surface area contributed by atoms with E-state index in [2.05, 4.69) is 54.6 Å². The summed E-state index contributed by atoms with van der Waals surface area (Å²) in [4.78, 5) is 5.50. The maximum absolute atomic E-state index is 5.19. The number of nitrogens with zero attached hydrogens (tertiary/aromatic N) is 5. The molecule has 4 rings (SSSR count). The van der Waals surface area contributed by atoms with Crippen LogP contribution in [0.15, 0.2) is 57.5 Å². The minimum Gasteiger partial charge on any atom is -0.338 e. The summed E-state index contributed by atoms with van der Waals surface area (Å²) < 4.78 is 7.28. The molecule has 25 heavy (non-hydrogen) atoms. The summed E-state index contributed by atoms with van der Waals surface area (Å²) in [6.07, 6.45) is 0.750. The summed E-state index contributed by atoms with van der Waals surface area (Å²) in [5.41, 5.74) is 1.04. The molecule has 0 N–H and O–H groups in total. The van der Waals surface area contributed by atoms with Crippen molar-refractivity contribution in [2.45, 2.75) is 24.3 Å².